The number of benzene rings is 1. The summed E-state index contributed by atoms with van der Waals surface area (Å²) < 4.78 is 5.12. The van der Waals surface area contributed by atoms with Crippen molar-refractivity contribution >= 4 is 17.4 Å². The van der Waals surface area contributed by atoms with Crippen molar-refractivity contribution in [2.24, 2.45) is 5.11 Å². The standard InChI is InChI=1S/C12H14ClN3O2/c1-12(2,11(17)7-15-16-14)8-4-5-9(13)10(6-8)18-3/h4-6H,7H2,1-3H3. The highest BCUT2D eigenvalue weighted by atomic mass is 35.5. The molecule has 1 aromatic carbocycles. The van der Waals surface area contributed by atoms with Gasteiger partial charge in [-0.05, 0) is 37.1 Å². The van der Waals surface area contributed by atoms with Gasteiger partial charge in [-0.3, -0.25) is 4.79 Å². The molecular weight excluding hydrogens is 254 g/mol. The van der Waals surface area contributed by atoms with Gasteiger partial charge in [0.15, 0.2) is 0 Å². The first-order chi connectivity index (χ1) is 8.43. The number of halogens is 1. The lowest BCUT2D eigenvalue weighted by Gasteiger charge is -2.23. The van der Waals surface area contributed by atoms with Gasteiger partial charge in [0.05, 0.1) is 18.7 Å². The van der Waals surface area contributed by atoms with Gasteiger partial charge in [0, 0.05) is 10.3 Å². The van der Waals surface area contributed by atoms with Crippen LogP contribution in [-0.2, 0) is 10.2 Å². The van der Waals surface area contributed by atoms with Crippen molar-refractivity contribution in [1.29, 1.82) is 0 Å². The van der Waals surface area contributed by atoms with Gasteiger partial charge in [-0.1, -0.05) is 22.8 Å². The third-order valence-corrected chi connectivity index (χ3v) is 3.16. The molecule has 0 saturated heterocycles. The number of ketones is 1. The number of azide groups is 1. The van der Waals surface area contributed by atoms with E-state index in [0.717, 1.165) is 5.56 Å². The molecule has 0 heterocycles. The average Bonchev–Trinajstić information content (AvgIpc) is 2.36. The van der Waals surface area contributed by atoms with Crippen LogP contribution in [0.4, 0.5) is 0 Å². The van der Waals surface area contributed by atoms with E-state index in [4.69, 9.17) is 21.9 Å². The van der Waals surface area contributed by atoms with Gasteiger partial charge in [0.1, 0.15) is 11.5 Å². The molecule has 1 rings (SSSR count). The van der Waals surface area contributed by atoms with E-state index in [-0.39, 0.29) is 12.3 Å². The molecule has 0 aliphatic heterocycles. The molecule has 0 radical (unpaired) electrons. The summed E-state index contributed by atoms with van der Waals surface area (Å²) in [5.41, 5.74) is 8.25. The minimum Gasteiger partial charge on any atom is -0.495 e. The number of methoxy groups -OCH3 is 1. The van der Waals surface area contributed by atoms with Crippen LogP contribution in [0.1, 0.15) is 19.4 Å². The Hall–Kier alpha value is -1.71. The van der Waals surface area contributed by atoms with Crippen molar-refractivity contribution < 1.29 is 9.53 Å². The van der Waals surface area contributed by atoms with Crippen molar-refractivity contribution in [2.75, 3.05) is 13.7 Å². The molecule has 0 aromatic heterocycles. The van der Waals surface area contributed by atoms with Gasteiger partial charge in [-0.15, -0.1) is 0 Å². The molecule has 0 spiro atoms. The van der Waals surface area contributed by atoms with Crippen LogP contribution in [0.15, 0.2) is 23.3 Å². The molecule has 6 heteroatoms. The third kappa shape index (κ3) is 2.94. The lowest BCUT2D eigenvalue weighted by atomic mass is 9.80. The zero-order chi connectivity index (χ0) is 13.8. The highest BCUT2D eigenvalue weighted by molar-refractivity contribution is 6.32. The predicted octanol–water partition coefficient (Wildman–Crippen LogP) is 3.51. The van der Waals surface area contributed by atoms with Crippen molar-refractivity contribution in [1.82, 2.24) is 0 Å². The Morgan fingerprint density at radius 2 is 2.22 bits per heavy atom. The van der Waals surface area contributed by atoms with Crippen LogP contribution in [0.2, 0.25) is 5.02 Å². The maximum absolute atomic E-state index is 12.0. The highest BCUT2D eigenvalue weighted by Crippen LogP contribution is 2.32. The lowest BCUT2D eigenvalue weighted by Crippen LogP contribution is -2.30. The maximum atomic E-state index is 12.0. The van der Waals surface area contributed by atoms with Gasteiger partial charge in [0.25, 0.3) is 0 Å². The maximum Gasteiger partial charge on any atom is 0.148 e. The number of Topliss-reactive ketones (excluding diaryl/α,β-unsaturated/α-hetero) is 1. The van der Waals surface area contributed by atoms with Crippen LogP contribution in [-0.4, -0.2) is 19.4 Å². The molecule has 0 aliphatic rings. The fourth-order valence-electron chi connectivity index (χ4n) is 1.50. The predicted molar refractivity (Wildman–Crippen MR) is 70.1 cm³/mol. The Morgan fingerprint density at radius 3 is 2.78 bits per heavy atom. The van der Waals surface area contributed by atoms with Gasteiger partial charge in [0.2, 0.25) is 0 Å². The van der Waals surface area contributed by atoms with Crippen LogP contribution in [0, 0.1) is 0 Å². The minimum atomic E-state index is -0.758. The Balaban J connectivity index is 3.11. The first-order valence-corrected chi connectivity index (χ1v) is 5.69. The van der Waals surface area contributed by atoms with E-state index in [1.807, 2.05) is 0 Å². The summed E-state index contributed by atoms with van der Waals surface area (Å²) in [4.78, 5) is 14.6. The first kappa shape index (κ1) is 14.4. The molecule has 0 amide bonds. The zero-order valence-electron chi connectivity index (χ0n) is 10.5. The van der Waals surface area contributed by atoms with Crippen molar-refractivity contribution in [3.63, 3.8) is 0 Å². The number of carbonyl (C=O) groups is 1. The zero-order valence-corrected chi connectivity index (χ0v) is 11.2. The number of rotatable bonds is 5. The summed E-state index contributed by atoms with van der Waals surface area (Å²) in [6.07, 6.45) is 0. The molecule has 0 bridgehead atoms. The Labute approximate surface area is 110 Å². The number of nitrogens with zero attached hydrogens (tertiary/aromatic N) is 3. The smallest absolute Gasteiger partial charge is 0.148 e. The molecule has 1 aromatic rings. The fraction of sp³-hybridized carbons (Fsp3) is 0.417. The van der Waals surface area contributed by atoms with E-state index in [1.165, 1.54) is 7.11 Å². The molecule has 18 heavy (non-hydrogen) atoms. The molecule has 96 valence electrons. The SMILES string of the molecule is COc1cc(C(C)(C)C(=O)CN=[N+]=[N-])ccc1Cl. The lowest BCUT2D eigenvalue weighted by molar-refractivity contribution is -0.122. The van der Waals surface area contributed by atoms with Gasteiger partial charge >= 0.3 is 0 Å². The molecular formula is C12H14ClN3O2. The summed E-state index contributed by atoms with van der Waals surface area (Å²) in [7, 11) is 1.51. The summed E-state index contributed by atoms with van der Waals surface area (Å²) in [5.74, 6) is 0.350. The van der Waals surface area contributed by atoms with Crippen molar-refractivity contribution in [2.45, 2.75) is 19.3 Å². The van der Waals surface area contributed by atoms with E-state index in [2.05, 4.69) is 10.0 Å². The Bertz CT molecular complexity index is 508. The number of ether oxygens (including phenoxy) is 1. The highest BCUT2D eigenvalue weighted by Gasteiger charge is 2.29. The van der Waals surface area contributed by atoms with Crippen LogP contribution in [0.25, 0.3) is 10.4 Å². The summed E-state index contributed by atoms with van der Waals surface area (Å²) in [5, 5.41) is 3.78. The second-order valence-corrected chi connectivity index (χ2v) is 4.69. The van der Waals surface area contributed by atoms with Gasteiger partial charge in [-0.2, -0.15) is 0 Å². The second kappa shape index (κ2) is 5.76. The normalized spacial score (nSPS) is 10.7. The molecule has 0 saturated carbocycles. The summed E-state index contributed by atoms with van der Waals surface area (Å²) in [6.45, 7) is 3.37. The second-order valence-electron chi connectivity index (χ2n) is 4.29. The summed E-state index contributed by atoms with van der Waals surface area (Å²) in [6, 6.07) is 5.16. The fourth-order valence-corrected chi connectivity index (χ4v) is 1.70. The van der Waals surface area contributed by atoms with E-state index >= 15 is 0 Å². The minimum absolute atomic E-state index is 0.162. The third-order valence-electron chi connectivity index (χ3n) is 2.85. The van der Waals surface area contributed by atoms with Crippen molar-refractivity contribution in [3.8, 4) is 5.75 Å². The molecule has 0 aliphatic carbocycles. The number of hydrogen-bond donors (Lipinski definition) is 0. The number of carbonyl (C=O) groups excluding carboxylic acids is 1. The summed E-state index contributed by atoms with van der Waals surface area (Å²) >= 11 is 5.93. The molecule has 0 unspecified atom stereocenters. The van der Waals surface area contributed by atoms with Crippen LogP contribution in [0.5, 0.6) is 5.75 Å². The van der Waals surface area contributed by atoms with Crippen LogP contribution >= 0.6 is 11.6 Å². The van der Waals surface area contributed by atoms with Gasteiger partial charge < -0.3 is 4.74 Å². The van der Waals surface area contributed by atoms with Crippen LogP contribution < -0.4 is 4.74 Å². The molecule has 0 fully saturated rings. The Kier molecular flexibility index (Phi) is 4.59. The van der Waals surface area contributed by atoms with E-state index in [1.54, 1.807) is 32.0 Å². The first-order valence-electron chi connectivity index (χ1n) is 5.31. The van der Waals surface area contributed by atoms with Crippen molar-refractivity contribution in [3.05, 3.63) is 39.2 Å². The Morgan fingerprint density at radius 1 is 1.56 bits per heavy atom. The molecule has 5 nitrogen and oxygen atoms in total. The van der Waals surface area contributed by atoms with Gasteiger partial charge in [-0.25, -0.2) is 0 Å². The largest absolute Gasteiger partial charge is 0.495 e. The average molecular weight is 268 g/mol. The molecule has 0 N–H and O–H groups in total. The quantitative estimate of drug-likeness (QED) is 0.465. The van der Waals surface area contributed by atoms with E-state index in [9.17, 15) is 4.79 Å². The van der Waals surface area contributed by atoms with E-state index < -0.39 is 5.41 Å². The topological polar surface area (TPSA) is 75.1 Å². The van der Waals surface area contributed by atoms with Crippen LogP contribution in [0.3, 0.4) is 0 Å². The monoisotopic (exact) mass is 267 g/mol. The molecule has 0 atom stereocenters. The number of hydrogen-bond acceptors (Lipinski definition) is 3. The van der Waals surface area contributed by atoms with E-state index in [0.29, 0.717) is 10.8 Å².